The Morgan fingerprint density at radius 1 is 1.06 bits per heavy atom. The highest BCUT2D eigenvalue weighted by molar-refractivity contribution is 5.43. The quantitative estimate of drug-likeness (QED) is 0.822. The van der Waals surface area contributed by atoms with E-state index in [0.717, 1.165) is 22.4 Å². The predicted octanol–water partition coefficient (Wildman–Crippen LogP) is 3.90. The van der Waals surface area contributed by atoms with Crippen molar-refractivity contribution in [3.8, 4) is 5.75 Å². The van der Waals surface area contributed by atoms with Crippen LogP contribution in [0.1, 0.15) is 55.2 Å². The molecule has 2 heteroatoms. The van der Waals surface area contributed by atoms with E-state index in [4.69, 9.17) is 4.74 Å². The summed E-state index contributed by atoms with van der Waals surface area (Å²) in [5.74, 6) is 1.03. The zero-order chi connectivity index (χ0) is 13.0. The van der Waals surface area contributed by atoms with Gasteiger partial charge in [0.2, 0.25) is 0 Å². The number of benzene rings is 1. The summed E-state index contributed by atoms with van der Waals surface area (Å²) in [6.07, 6.45) is 8.02. The van der Waals surface area contributed by atoms with E-state index in [9.17, 15) is 5.11 Å². The minimum atomic E-state index is 0.103. The van der Waals surface area contributed by atoms with Crippen LogP contribution in [0.15, 0.2) is 12.1 Å². The van der Waals surface area contributed by atoms with Gasteiger partial charge in [-0.3, -0.25) is 0 Å². The molecule has 0 spiro atoms. The molecule has 0 atom stereocenters. The maximum atomic E-state index is 9.20. The molecule has 1 fully saturated rings. The Bertz CT molecular complexity index is 367. The summed E-state index contributed by atoms with van der Waals surface area (Å²) in [5.41, 5.74) is 3.25. The molecule has 0 aliphatic heterocycles. The first-order chi connectivity index (χ1) is 8.70. The minimum Gasteiger partial charge on any atom is -0.490 e. The Labute approximate surface area is 110 Å². The zero-order valence-corrected chi connectivity index (χ0v) is 11.5. The van der Waals surface area contributed by atoms with Gasteiger partial charge in [0.05, 0.1) is 12.7 Å². The molecular formula is C16H24O2. The molecule has 0 saturated heterocycles. The molecule has 0 unspecified atom stereocenters. The second-order valence-corrected chi connectivity index (χ2v) is 5.45. The number of ether oxygens (including phenoxy) is 1. The second-order valence-electron chi connectivity index (χ2n) is 5.45. The summed E-state index contributed by atoms with van der Waals surface area (Å²) in [7, 11) is 0. The van der Waals surface area contributed by atoms with Crippen LogP contribution in [0.3, 0.4) is 0 Å². The van der Waals surface area contributed by atoms with Crippen LogP contribution < -0.4 is 4.74 Å². The van der Waals surface area contributed by atoms with Crippen LogP contribution in [0.25, 0.3) is 0 Å². The molecule has 1 aliphatic carbocycles. The number of hydrogen-bond donors (Lipinski definition) is 1. The van der Waals surface area contributed by atoms with Gasteiger partial charge in [-0.05, 0) is 56.2 Å². The van der Waals surface area contributed by atoms with E-state index in [1.54, 1.807) is 0 Å². The van der Waals surface area contributed by atoms with E-state index in [1.807, 2.05) is 12.1 Å². The lowest BCUT2D eigenvalue weighted by atomic mass is 10.1. The number of rotatable bonds is 3. The molecule has 2 nitrogen and oxygen atoms in total. The molecule has 0 amide bonds. The minimum absolute atomic E-state index is 0.103. The maximum absolute atomic E-state index is 9.20. The molecule has 1 aliphatic rings. The van der Waals surface area contributed by atoms with Crippen molar-refractivity contribution in [2.75, 3.05) is 0 Å². The standard InChI is InChI=1S/C16H24O2/c1-12-9-14(11-17)10-13(2)16(12)18-15-7-5-3-4-6-8-15/h9-10,15,17H,3-8,11H2,1-2H3. The Balaban J connectivity index is 2.12. The van der Waals surface area contributed by atoms with Crippen molar-refractivity contribution < 1.29 is 9.84 Å². The molecule has 1 aromatic carbocycles. The van der Waals surface area contributed by atoms with E-state index in [1.165, 1.54) is 38.5 Å². The van der Waals surface area contributed by atoms with Gasteiger partial charge in [0.15, 0.2) is 0 Å². The second kappa shape index (κ2) is 6.24. The number of aliphatic hydroxyl groups is 1. The highest BCUT2D eigenvalue weighted by Gasteiger charge is 2.16. The SMILES string of the molecule is Cc1cc(CO)cc(C)c1OC1CCCCCC1. The average Bonchev–Trinajstić information content (AvgIpc) is 2.62. The summed E-state index contributed by atoms with van der Waals surface area (Å²) < 4.78 is 6.21. The van der Waals surface area contributed by atoms with Gasteiger partial charge >= 0.3 is 0 Å². The van der Waals surface area contributed by atoms with Crippen molar-refractivity contribution in [2.45, 2.75) is 65.1 Å². The van der Waals surface area contributed by atoms with Crippen molar-refractivity contribution in [2.24, 2.45) is 0 Å². The summed E-state index contributed by atoms with van der Waals surface area (Å²) in [4.78, 5) is 0. The molecule has 1 N–H and O–H groups in total. The van der Waals surface area contributed by atoms with Gasteiger partial charge in [0.25, 0.3) is 0 Å². The molecule has 18 heavy (non-hydrogen) atoms. The van der Waals surface area contributed by atoms with E-state index in [2.05, 4.69) is 13.8 Å². The lowest BCUT2D eigenvalue weighted by molar-refractivity contribution is 0.181. The fraction of sp³-hybridized carbons (Fsp3) is 0.625. The maximum Gasteiger partial charge on any atom is 0.125 e. The molecule has 0 radical (unpaired) electrons. The van der Waals surface area contributed by atoms with E-state index >= 15 is 0 Å². The summed E-state index contributed by atoms with van der Waals surface area (Å²) >= 11 is 0. The van der Waals surface area contributed by atoms with Crippen molar-refractivity contribution in [3.63, 3.8) is 0 Å². The third-order valence-electron chi connectivity index (χ3n) is 3.79. The summed E-state index contributed by atoms with van der Waals surface area (Å²) in [6, 6.07) is 4.05. The third-order valence-corrected chi connectivity index (χ3v) is 3.79. The fourth-order valence-electron chi connectivity index (χ4n) is 2.84. The first-order valence-electron chi connectivity index (χ1n) is 7.08. The molecule has 0 aromatic heterocycles. The van der Waals surface area contributed by atoms with Gasteiger partial charge in [-0.25, -0.2) is 0 Å². The molecule has 2 rings (SSSR count). The normalized spacial score (nSPS) is 17.5. The van der Waals surface area contributed by atoms with E-state index in [0.29, 0.717) is 6.10 Å². The van der Waals surface area contributed by atoms with Crippen molar-refractivity contribution >= 4 is 0 Å². The van der Waals surface area contributed by atoms with Gasteiger partial charge in [-0.1, -0.05) is 25.0 Å². The Morgan fingerprint density at radius 3 is 2.11 bits per heavy atom. The molecule has 1 aromatic rings. The topological polar surface area (TPSA) is 29.5 Å². The largest absolute Gasteiger partial charge is 0.490 e. The fourth-order valence-corrected chi connectivity index (χ4v) is 2.84. The van der Waals surface area contributed by atoms with E-state index in [-0.39, 0.29) is 6.61 Å². The van der Waals surface area contributed by atoms with Crippen LogP contribution in [0.5, 0.6) is 5.75 Å². The zero-order valence-electron chi connectivity index (χ0n) is 11.5. The van der Waals surface area contributed by atoms with Crippen LogP contribution in [0, 0.1) is 13.8 Å². The van der Waals surface area contributed by atoms with Crippen LogP contribution in [-0.2, 0) is 6.61 Å². The average molecular weight is 248 g/mol. The van der Waals surface area contributed by atoms with Gasteiger partial charge in [-0.15, -0.1) is 0 Å². The van der Waals surface area contributed by atoms with Gasteiger partial charge < -0.3 is 9.84 Å². The first kappa shape index (κ1) is 13.4. The van der Waals surface area contributed by atoms with Gasteiger partial charge in [-0.2, -0.15) is 0 Å². The molecule has 100 valence electrons. The van der Waals surface area contributed by atoms with Crippen LogP contribution in [-0.4, -0.2) is 11.2 Å². The molecule has 0 bridgehead atoms. The Morgan fingerprint density at radius 2 is 1.61 bits per heavy atom. The van der Waals surface area contributed by atoms with Gasteiger partial charge in [0, 0.05) is 0 Å². The van der Waals surface area contributed by atoms with E-state index < -0.39 is 0 Å². The lowest BCUT2D eigenvalue weighted by Gasteiger charge is -2.21. The van der Waals surface area contributed by atoms with Gasteiger partial charge in [0.1, 0.15) is 5.75 Å². The van der Waals surface area contributed by atoms with Crippen molar-refractivity contribution in [3.05, 3.63) is 28.8 Å². The Kier molecular flexibility index (Phi) is 4.65. The summed E-state index contributed by atoms with van der Waals surface area (Å²) in [5, 5.41) is 9.20. The highest BCUT2D eigenvalue weighted by Crippen LogP contribution is 2.29. The van der Waals surface area contributed by atoms with Crippen molar-refractivity contribution in [1.29, 1.82) is 0 Å². The highest BCUT2D eigenvalue weighted by atomic mass is 16.5. The predicted molar refractivity (Wildman–Crippen MR) is 74.0 cm³/mol. The monoisotopic (exact) mass is 248 g/mol. The van der Waals surface area contributed by atoms with Crippen molar-refractivity contribution in [1.82, 2.24) is 0 Å². The number of aliphatic hydroxyl groups excluding tert-OH is 1. The lowest BCUT2D eigenvalue weighted by Crippen LogP contribution is -2.16. The smallest absolute Gasteiger partial charge is 0.125 e. The first-order valence-corrected chi connectivity index (χ1v) is 7.08. The molecule has 0 heterocycles. The Hall–Kier alpha value is -1.02. The van der Waals surface area contributed by atoms with Crippen LogP contribution in [0.2, 0.25) is 0 Å². The van der Waals surface area contributed by atoms with Crippen LogP contribution >= 0.6 is 0 Å². The number of aryl methyl sites for hydroxylation is 2. The third kappa shape index (κ3) is 3.26. The number of hydrogen-bond acceptors (Lipinski definition) is 2. The summed E-state index contributed by atoms with van der Waals surface area (Å²) in [6.45, 7) is 4.24. The molecule has 1 saturated carbocycles. The van der Waals surface area contributed by atoms with Crippen LogP contribution in [0.4, 0.5) is 0 Å². The molecular weight excluding hydrogens is 224 g/mol.